The number of hydrazone groups is 1. The van der Waals surface area contributed by atoms with E-state index in [0.717, 1.165) is 17.1 Å². The zero-order chi connectivity index (χ0) is 15.2. The number of nitrogens with zero attached hydrogens (tertiary/aromatic N) is 5. The summed E-state index contributed by atoms with van der Waals surface area (Å²) < 4.78 is 0. The van der Waals surface area contributed by atoms with Crippen LogP contribution in [-0.4, -0.2) is 15.8 Å². The Morgan fingerprint density at radius 2 is 1.62 bits per heavy atom. The summed E-state index contributed by atoms with van der Waals surface area (Å²) in [6.45, 7) is 7.59. The molecule has 0 bridgehead atoms. The molecule has 0 aliphatic carbocycles. The van der Waals surface area contributed by atoms with Crippen LogP contribution in [0.5, 0.6) is 0 Å². The molecule has 6 heteroatoms. The van der Waals surface area contributed by atoms with Gasteiger partial charge in [0.1, 0.15) is 0 Å². The average molecular weight is 282 g/mol. The van der Waals surface area contributed by atoms with Gasteiger partial charge in [0.25, 0.3) is 5.95 Å². The smallest absolute Gasteiger partial charge is 0.269 e. The Hall–Kier alpha value is -2.63. The van der Waals surface area contributed by atoms with Gasteiger partial charge in [0, 0.05) is 11.4 Å². The standard InChI is InChI=1S/C15H18N6/c1-10-5-7-14(8-6-10)20-18-13(4)19-21-15-16-11(2)9-12(3)17-15/h5-9,20H,1-4H3. The summed E-state index contributed by atoms with van der Waals surface area (Å²) >= 11 is 0. The molecule has 1 aromatic carbocycles. The quantitative estimate of drug-likeness (QED) is 0.401. The maximum Gasteiger partial charge on any atom is 0.269 e. The van der Waals surface area contributed by atoms with E-state index in [1.54, 1.807) is 6.92 Å². The molecule has 0 aliphatic heterocycles. The largest absolute Gasteiger partial charge is 0.277 e. The number of nitrogens with one attached hydrogen (secondary N) is 1. The zero-order valence-electron chi connectivity index (χ0n) is 12.6. The fourth-order valence-corrected chi connectivity index (χ4v) is 1.67. The highest BCUT2D eigenvalue weighted by atomic mass is 15.3. The van der Waals surface area contributed by atoms with E-state index in [2.05, 4.69) is 30.7 Å². The Kier molecular flexibility index (Phi) is 4.71. The molecule has 2 rings (SSSR count). The number of aryl methyl sites for hydroxylation is 3. The summed E-state index contributed by atoms with van der Waals surface area (Å²) in [4.78, 5) is 8.37. The maximum absolute atomic E-state index is 4.19. The van der Waals surface area contributed by atoms with E-state index in [9.17, 15) is 0 Å². The number of benzene rings is 1. The Morgan fingerprint density at radius 3 is 2.24 bits per heavy atom. The number of anilines is 1. The molecule has 0 fully saturated rings. The fraction of sp³-hybridized carbons (Fsp3) is 0.267. The number of rotatable bonds is 3. The van der Waals surface area contributed by atoms with E-state index in [4.69, 9.17) is 0 Å². The minimum absolute atomic E-state index is 0.345. The summed E-state index contributed by atoms with van der Waals surface area (Å²) in [5.74, 6) is 0.843. The molecule has 21 heavy (non-hydrogen) atoms. The number of aromatic nitrogens is 2. The third kappa shape index (κ3) is 4.76. The molecule has 0 saturated carbocycles. The lowest BCUT2D eigenvalue weighted by molar-refractivity contribution is 1.01. The van der Waals surface area contributed by atoms with E-state index in [1.807, 2.05) is 51.1 Å². The van der Waals surface area contributed by atoms with Crippen LogP contribution in [0.1, 0.15) is 23.9 Å². The predicted octanol–water partition coefficient (Wildman–Crippen LogP) is 3.93. The summed E-state index contributed by atoms with van der Waals surface area (Å²) in [6.07, 6.45) is 0. The van der Waals surface area contributed by atoms with Gasteiger partial charge >= 0.3 is 0 Å². The molecule has 0 aliphatic rings. The highest BCUT2D eigenvalue weighted by molar-refractivity contribution is 5.80. The molecule has 2 aromatic rings. The summed E-state index contributed by atoms with van der Waals surface area (Å²) in [7, 11) is 0. The van der Waals surface area contributed by atoms with E-state index in [0.29, 0.717) is 11.8 Å². The Bertz CT molecular complexity index is 653. The molecule has 1 aromatic heterocycles. The van der Waals surface area contributed by atoms with Crippen molar-refractivity contribution < 1.29 is 0 Å². The van der Waals surface area contributed by atoms with Gasteiger partial charge in [0.15, 0.2) is 5.84 Å². The predicted molar refractivity (Wildman–Crippen MR) is 83.9 cm³/mol. The molecular weight excluding hydrogens is 264 g/mol. The van der Waals surface area contributed by atoms with Crippen molar-refractivity contribution in [3.63, 3.8) is 0 Å². The van der Waals surface area contributed by atoms with Gasteiger partial charge in [0.2, 0.25) is 0 Å². The molecule has 0 saturated heterocycles. The minimum atomic E-state index is 0.345. The second-order valence-electron chi connectivity index (χ2n) is 4.79. The summed E-state index contributed by atoms with van der Waals surface area (Å²) in [5.41, 5.74) is 6.76. The highest BCUT2D eigenvalue weighted by Gasteiger charge is 1.97. The lowest BCUT2D eigenvalue weighted by Crippen LogP contribution is -1.94. The Morgan fingerprint density at radius 1 is 1.00 bits per heavy atom. The molecule has 1 N–H and O–H groups in total. The first kappa shape index (κ1) is 14.8. The van der Waals surface area contributed by atoms with Crippen LogP contribution in [0.25, 0.3) is 0 Å². The lowest BCUT2D eigenvalue weighted by Gasteiger charge is -2.00. The van der Waals surface area contributed by atoms with Crippen LogP contribution in [0, 0.1) is 20.8 Å². The van der Waals surface area contributed by atoms with Crippen LogP contribution in [0.2, 0.25) is 0 Å². The van der Waals surface area contributed by atoms with Crippen LogP contribution in [-0.2, 0) is 0 Å². The summed E-state index contributed by atoms with van der Waals surface area (Å²) in [6, 6.07) is 9.82. The van der Waals surface area contributed by atoms with Gasteiger partial charge in [-0.05, 0) is 45.9 Å². The zero-order valence-corrected chi connectivity index (χ0v) is 12.6. The fourth-order valence-electron chi connectivity index (χ4n) is 1.67. The SMILES string of the molecule is CC(N=Nc1nc(C)cc(C)n1)=NNc1ccc(C)cc1. The van der Waals surface area contributed by atoms with Crippen molar-refractivity contribution in [3.8, 4) is 0 Å². The van der Waals surface area contributed by atoms with Crippen molar-refractivity contribution in [1.29, 1.82) is 0 Å². The molecule has 0 unspecified atom stereocenters. The van der Waals surface area contributed by atoms with Gasteiger partial charge in [-0.3, -0.25) is 5.43 Å². The van der Waals surface area contributed by atoms with Gasteiger partial charge in [-0.25, -0.2) is 9.97 Å². The van der Waals surface area contributed by atoms with E-state index >= 15 is 0 Å². The Balaban J connectivity index is 2.02. The van der Waals surface area contributed by atoms with Crippen molar-refractivity contribution in [1.82, 2.24) is 9.97 Å². The van der Waals surface area contributed by atoms with Gasteiger partial charge in [-0.15, -0.1) is 10.2 Å². The van der Waals surface area contributed by atoms with Gasteiger partial charge in [-0.1, -0.05) is 17.7 Å². The second-order valence-corrected chi connectivity index (χ2v) is 4.79. The molecule has 6 nitrogen and oxygen atoms in total. The summed E-state index contributed by atoms with van der Waals surface area (Å²) in [5, 5.41) is 12.1. The number of hydrogen-bond donors (Lipinski definition) is 1. The monoisotopic (exact) mass is 282 g/mol. The van der Waals surface area contributed by atoms with Crippen molar-refractivity contribution >= 4 is 17.5 Å². The Labute approximate surface area is 124 Å². The van der Waals surface area contributed by atoms with Gasteiger partial charge < -0.3 is 0 Å². The van der Waals surface area contributed by atoms with Crippen molar-refractivity contribution in [2.75, 3.05) is 5.43 Å². The topological polar surface area (TPSA) is 74.9 Å². The second kappa shape index (κ2) is 6.69. The first-order valence-corrected chi connectivity index (χ1v) is 6.64. The first-order valence-electron chi connectivity index (χ1n) is 6.64. The number of azo groups is 1. The third-order valence-corrected chi connectivity index (χ3v) is 2.65. The van der Waals surface area contributed by atoms with Crippen molar-refractivity contribution in [2.45, 2.75) is 27.7 Å². The average Bonchev–Trinajstić information content (AvgIpc) is 2.43. The van der Waals surface area contributed by atoms with E-state index in [-0.39, 0.29) is 0 Å². The number of hydrogen-bond acceptors (Lipinski definition) is 5. The van der Waals surface area contributed by atoms with Crippen LogP contribution in [0.4, 0.5) is 11.6 Å². The molecule has 108 valence electrons. The lowest BCUT2D eigenvalue weighted by atomic mass is 10.2. The van der Waals surface area contributed by atoms with Gasteiger partial charge in [-0.2, -0.15) is 5.10 Å². The molecule has 0 atom stereocenters. The molecule has 1 heterocycles. The normalized spacial score (nSPS) is 11.9. The first-order chi connectivity index (χ1) is 10.0. The van der Waals surface area contributed by atoms with Crippen LogP contribution in [0.15, 0.2) is 45.7 Å². The van der Waals surface area contributed by atoms with Crippen LogP contribution >= 0.6 is 0 Å². The highest BCUT2D eigenvalue weighted by Crippen LogP contribution is 2.09. The van der Waals surface area contributed by atoms with Crippen molar-refractivity contribution in [3.05, 3.63) is 47.3 Å². The minimum Gasteiger partial charge on any atom is -0.277 e. The van der Waals surface area contributed by atoms with E-state index in [1.165, 1.54) is 5.56 Å². The van der Waals surface area contributed by atoms with E-state index < -0.39 is 0 Å². The van der Waals surface area contributed by atoms with Gasteiger partial charge in [0.05, 0.1) is 5.69 Å². The molecule has 0 radical (unpaired) electrons. The van der Waals surface area contributed by atoms with Crippen LogP contribution in [0.3, 0.4) is 0 Å². The number of amidine groups is 1. The molecular formula is C15H18N6. The molecule has 0 spiro atoms. The maximum atomic E-state index is 4.19. The third-order valence-electron chi connectivity index (χ3n) is 2.65. The van der Waals surface area contributed by atoms with Crippen LogP contribution < -0.4 is 5.43 Å². The van der Waals surface area contributed by atoms with Crippen molar-refractivity contribution in [2.24, 2.45) is 15.3 Å². The molecule has 0 amide bonds.